The highest BCUT2D eigenvalue weighted by atomic mass is 16.5. The third kappa shape index (κ3) is 2.58. The van der Waals surface area contributed by atoms with Crippen LogP contribution in [0.4, 0.5) is 0 Å². The summed E-state index contributed by atoms with van der Waals surface area (Å²) in [5, 5.41) is 5.31. The summed E-state index contributed by atoms with van der Waals surface area (Å²) in [6, 6.07) is 3.60. The van der Waals surface area contributed by atoms with Crippen LogP contribution in [0.25, 0.3) is 10.9 Å². The first-order chi connectivity index (χ1) is 10.2. The Morgan fingerprint density at radius 2 is 2.33 bits per heavy atom. The van der Waals surface area contributed by atoms with Gasteiger partial charge >= 0.3 is 5.97 Å². The van der Waals surface area contributed by atoms with Crippen molar-refractivity contribution in [2.45, 2.75) is 13.0 Å². The van der Waals surface area contributed by atoms with E-state index in [9.17, 15) is 4.79 Å². The molecule has 1 aromatic heterocycles. The van der Waals surface area contributed by atoms with E-state index in [4.69, 9.17) is 14.2 Å². The van der Waals surface area contributed by atoms with E-state index in [0.29, 0.717) is 17.2 Å². The average Bonchev–Trinajstić information content (AvgIpc) is 3.15. The van der Waals surface area contributed by atoms with Gasteiger partial charge in [0.05, 0.1) is 32.5 Å². The Morgan fingerprint density at radius 3 is 3.00 bits per heavy atom. The first kappa shape index (κ1) is 13.9. The molecule has 1 unspecified atom stereocenters. The second kappa shape index (κ2) is 5.73. The lowest BCUT2D eigenvalue weighted by Crippen LogP contribution is -2.12. The first-order valence-corrected chi connectivity index (χ1v) is 6.92. The van der Waals surface area contributed by atoms with Crippen LogP contribution < -0.4 is 4.74 Å². The lowest BCUT2D eigenvalue weighted by atomic mass is 10.1. The molecule has 0 bridgehead atoms. The number of benzene rings is 1. The molecule has 0 radical (unpaired) electrons. The van der Waals surface area contributed by atoms with Crippen molar-refractivity contribution in [3.63, 3.8) is 0 Å². The highest BCUT2D eigenvalue weighted by Gasteiger charge is 2.20. The number of carbonyl (C=O) groups is 1. The Hall–Kier alpha value is -2.08. The maximum Gasteiger partial charge on any atom is 0.341 e. The molecule has 1 saturated heterocycles. The van der Waals surface area contributed by atoms with E-state index in [1.165, 1.54) is 7.11 Å². The quantitative estimate of drug-likeness (QED) is 0.804. The number of aromatic nitrogens is 2. The zero-order valence-corrected chi connectivity index (χ0v) is 12.2. The van der Waals surface area contributed by atoms with Gasteiger partial charge in [0.25, 0.3) is 0 Å². The third-order valence-corrected chi connectivity index (χ3v) is 3.82. The van der Waals surface area contributed by atoms with Gasteiger partial charge in [-0.3, -0.25) is 4.68 Å². The number of methoxy groups -OCH3 is 2. The summed E-state index contributed by atoms with van der Waals surface area (Å²) >= 11 is 0. The summed E-state index contributed by atoms with van der Waals surface area (Å²) < 4.78 is 17.4. The molecule has 1 atom stereocenters. The van der Waals surface area contributed by atoms with E-state index in [2.05, 4.69) is 5.10 Å². The number of carbonyl (C=O) groups excluding carboxylic acids is 1. The van der Waals surface area contributed by atoms with Crippen molar-refractivity contribution in [3.05, 3.63) is 23.9 Å². The molecule has 6 heteroatoms. The topological polar surface area (TPSA) is 62.6 Å². The van der Waals surface area contributed by atoms with E-state index in [1.54, 1.807) is 19.4 Å². The number of fused-ring (bicyclic) bond motifs is 1. The molecule has 2 aromatic rings. The SMILES string of the molecule is COC(=O)c1cc2cnn(CC3CCOC3)c2cc1OC. The van der Waals surface area contributed by atoms with Crippen LogP contribution in [0.3, 0.4) is 0 Å². The van der Waals surface area contributed by atoms with Gasteiger partial charge in [-0.1, -0.05) is 0 Å². The monoisotopic (exact) mass is 290 g/mol. The van der Waals surface area contributed by atoms with Crippen LogP contribution in [0, 0.1) is 5.92 Å². The number of esters is 1. The summed E-state index contributed by atoms with van der Waals surface area (Å²) in [5.74, 6) is 0.573. The van der Waals surface area contributed by atoms with E-state index in [-0.39, 0.29) is 0 Å². The van der Waals surface area contributed by atoms with Gasteiger partial charge in [-0.2, -0.15) is 5.10 Å². The Labute approximate surface area is 122 Å². The minimum Gasteiger partial charge on any atom is -0.496 e. The van der Waals surface area contributed by atoms with Gasteiger partial charge in [-0.05, 0) is 12.5 Å². The van der Waals surface area contributed by atoms with Crippen molar-refractivity contribution >= 4 is 16.9 Å². The maximum absolute atomic E-state index is 11.8. The molecule has 21 heavy (non-hydrogen) atoms. The Balaban J connectivity index is 1.99. The van der Waals surface area contributed by atoms with Gasteiger partial charge in [0.15, 0.2) is 0 Å². The van der Waals surface area contributed by atoms with Gasteiger partial charge in [-0.15, -0.1) is 0 Å². The molecule has 0 N–H and O–H groups in total. The number of rotatable bonds is 4. The second-order valence-electron chi connectivity index (χ2n) is 5.16. The zero-order chi connectivity index (χ0) is 14.8. The lowest BCUT2D eigenvalue weighted by molar-refractivity contribution is 0.0597. The van der Waals surface area contributed by atoms with E-state index < -0.39 is 5.97 Å². The predicted molar refractivity (Wildman–Crippen MR) is 76.6 cm³/mol. The second-order valence-corrected chi connectivity index (χ2v) is 5.16. The van der Waals surface area contributed by atoms with Crippen molar-refractivity contribution in [3.8, 4) is 5.75 Å². The molecule has 112 valence electrons. The molecule has 1 aliphatic rings. The number of hydrogen-bond donors (Lipinski definition) is 0. The van der Waals surface area contributed by atoms with Crippen LogP contribution >= 0.6 is 0 Å². The smallest absolute Gasteiger partial charge is 0.341 e. The maximum atomic E-state index is 11.8. The van der Waals surface area contributed by atoms with Crippen LogP contribution in [0.15, 0.2) is 18.3 Å². The predicted octanol–water partition coefficient (Wildman–Crippen LogP) is 1.87. The first-order valence-electron chi connectivity index (χ1n) is 6.92. The number of ether oxygens (including phenoxy) is 3. The van der Waals surface area contributed by atoms with Gasteiger partial charge in [-0.25, -0.2) is 4.79 Å². The zero-order valence-electron chi connectivity index (χ0n) is 12.2. The van der Waals surface area contributed by atoms with Crippen molar-refractivity contribution < 1.29 is 19.0 Å². The summed E-state index contributed by atoms with van der Waals surface area (Å²) in [6.07, 6.45) is 2.82. The minimum atomic E-state index is -0.411. The van der Waals surface area contributed by atoms with Gasteiger partial charge in [0, 0.05) is 30.5 Å². The van der Waals surface area contributed by atoms with Crippen LogP contribution in [-0.2, 0) is 16.0 Å². The summed E-state index contributed by atoms with van der Waals surface area (Å²) in [4.78, 5) is 11.8. The standard InChI is InChI=1S/C15H18N2O4/c1-19-14-6-13-11(5-12(14)15(18)20-2)7-16-17(13)8-10-3-4-21-9-10/h5-7,10H,3-4,8-9H2,1-2H3. The van der Waals surface area contributed by atoms with Gasteiger partial charge < -0.3 is 14.2 Å². The van der Waals surface area contributed by atoms with Crippen LogP contribution in [0.5, 0.6) is 5.75 Å². The molecule has 0 saturated carbocycles. The Bertz CT molecular complexity index is 659. The largest absolute Gasteiger partial charge is 0.496 e. The van der Waals surface area contributed by atoms with Crippen LogP contribution in [-0.4, -0.2) is 43.2 Å². The van der Waals surface area contributed by atoms with Crippen molar-refractivity contribution in [1.82, 2.24) is 9.78 Å². The molecule has 3 rings (SSSR count). The average molecular weight is 290 g/mol. The molecule has 0 aliphatic carbocycles. The van der Waals surface area contributed by atoms with Crippen molar-refractivity contribution in [2.75, 3.05) is 27.4 Å². The highest BCUT2D eigenvalue weighted by Crippen LogP contribution is 2.27. The molecular weight excluding hydrogens is 272 g/mol. The Kier molecular flexibility index (Phi) is 3.79. The van der Waals surface area contributed by atoms with Crippen LogP contribution in [0.1, 0.15) is 16.8 Å². The number of nitrogens with zero attached hydrogens (tertiary/aromatic N) is 2. The summed E-state index contributed by atoms with van der Waals surface area (Å²) in [5.41, 5.74) is 1.36. The molecular formula is C15H18N2O4. The summed E-state index contributed by atoms with van der Waals surface area (Å²) in [7, 11) is 2.90. The van der Waals surface area contributed by atoms with E-state index in [1.807, 2.05) is 10.7 Å². The molecule has 0 amide bonds. The van der Waals surface area contributed by atoms with Gasteiger partial charge in [0.1, 0.15) is 11.3 Å². The normalized spacial score (nSPS) is 18.1. The minimum absolute atomic E-state index is 0.411. The molecule has 6 nitrogen and oxygen atoms in total. The van der Waals surface area contributed by atoms with E-state index >= 15 is 0 Å². The Morgan fingerprint density at radius 1 is 1.48 bits per heavy atom. The highest BCUT2D eigenvalue weighted by molar-refractivity contribution is 5.97. The lowest BCUT2D eigenvalue weighted by Gasteiger charge is -2.11. The fraction of sp³-hybridized carbons (Fsp3) is 0.467. The van der Waals surface area contributed by atoms with E-state index in [0.717, 1.165) is 37.1 Å². The molecule has 0 spiro atoms. The summed E-state index contributed by atoms with van der Waals surface area (Å²) in [6.45, 7) is 2.41. The molecule has 1 aromatic carbocycles. The molecule has 2 heterocycles. The molecule has 1 fully saturated rings. The number of hydrogen-bond acceptors (Lipinski definition) is 5. The van der Waals surface area contributed by atoms with Crippen molar-refractivity contribution in [1.29, 1.82) is 0 Å². The van der Waals surface area contributed by atoms with Crippen molar-refractivity contribution in [2.24, 2.45) is 5.92 Å². The molecule has 1 aliphatic heterocycles. The fourth-order valence-electron chi connectivity index (χ4n) is 2.66. The fourth-order valence-corrected chi connectivity index (χ4v) is 2.66. The van der Waals surface area contributed by atoms with Gasteiger partial charge in [0.2, 0.25) is 0 Å². The van der Waals surface area contributed by atoms with Crippen LogP contribution in [0.2, 0.25) is 0 Å². The third-order valence-electron chi connectivity index (χ3n) is 3.82.